The first kappa shape index (κ1) is 7.88. The second kappa shape index (κ2) is 3.83. The van der Waals surface area contributed by atoms with Crippen molar-refractivity contribution in [1.82, 2.24) is 0 Å². The van der Waals surface area contributed by atoms with Gasteiger partial charge in [0.1, 0.15) is 0 Å². The van der Waals surface area contributed by atoms with Crippen molar-refractivity contribution in [2.24, 2.45) is 0 Å². The summed E-state index contributed by atoms with van der Waals surface area (Å²) < 4.78 is 0. The number of aryl methyl sites for hydroxylation is 1. The average Bonchev–Trinajstić information content (AvgIpc) is 2.05. The van der Waals surface area contributed by atoms with Gasteiger partial charge in [-0.05, 0) is 0 Å². The van der Waals surface area contributed by atoms with E-state index in [1.165, 1.54) is 16.3 Å². The van der Waals surface area contributed by atoms with Crippen LogP contribution in [0.1, 0.15) is 18.1 Å². The summed E-state index contributed by atoms with van der Waals surface area (Å²) in [5.74, 6) is 0. The van der Waals surface area contributed by atoms with Crippen LogP contribution in [0.15, 0.2) is 24.3 Å². The Kier molecular flexibility index (Phi) is 3.02. The summed E-state index contributed by atoms with van der Waals surface area (Å²) in [7, 11) is 0. The van der Waals surface area contributed by atoms with Gasteiger partial charge in [0.05, 0.1) is 0 Å². The maximum absolute atomic E-state index is 2.22. The van der Waals surface area contributed by atoms with E-state index in [0.29, 0.717) is 0 Å². The molecule has 0 spiro atoms. The molecular formula is C9H13As. The molecule has 0 bridgehead atoms. The topological polar surface area (TPSA) is 0 Å². The Morgan fingerprint density at radius 3 is 2.00 bits per heavy atom. The third kappa shape index (κ3) is 1.88. The molecule has 0 amide bonds. The summed E-state index contributed by atoms with van der Waals surface area (Å²) in [6, 6.07) is 8.88. The van der Waals surface area contributed by atoms with Crippen LogP contribution in [0.3, 0.4) is 0 Å². The summed E-state index contributed by atoms with van der Waals surface area (Å²) in [5.41, 5.74) is 2.89. The van der Waals surface area contributed by atoms with Crippen LogP contribution in [0.25, 0.3) is 0 Å². The van der Waals surface area contributed by atoms with E-state index in [-0.39, 0.29) is 0 Å². The van der Waals surface area contributed by atoms with Crippen LogP contribution in [0.5, 0.6) is 0 Å². The van der Waals surface area contributed by atoms with E-state index in [1.807, 2.05) is 0 Å². The predicted molar refractivity (Wildman–Crippen MR) is 48.1 cm³/mol. The molecule has 0 aliphatic carbocycles. The molecule has 0 heterocycles. The van der Waals surface area contributed by atoms with E-state index in [1.54, 1.807) is 16.9 Å². The van der Waals surface area contributed by atoms with Crippen LogP contribution in [-0.2, 0) is 11.6 Å². The summed E-state index contributed by atoms with van der Waals surface area (Å²) >= 11 is 1.77. The third-order valence-corrected chi connectivity index (χ3v) is 2.66. The van der Waals surface area contributed by atoms with E-state index < -0.39 is 0 Å². The summed E-state index contributed by atoms with van der Waals surface area (Å²) in [5, 5.41) is 1.21. The molecule has 0 N–H and O–H groups in total. The minimum absolute atomic E-state index is 1.15. The standard InChI is InChI=1S/C9H13As/c1-2-8-3-5-9(7-10)6-4-8/h3-6H,2,7,10H2,1H3. The Balaban J connectivity index is 2.80. The molecule has 1 atom stereocenters. The van der Waals surface area contributed by atoms with Crippen molar-refractivity contribution >= 4 is 16.9 Å². The van der Waals surface area contributed by atoms with E-state index in [9.17, 15) is 0 Å². The molecule has 54 valence electrons. The molecule has 0 aliphatic rings. The van der Waals surface area contributed by atoms with Gasteiger partial charge < -0.3 is 0 Å². The van der Waals surface area contributed by atoms with Gasteiger partial charge in [-0.3, -0.25) is 0 Å². The quantitative estimate of drug-likeness (QED) is 0.627. The minimum atomic E-state index is 1.15. The normalized spacial score (nSPS) is 9.80. The van der Waals surface area contributed by atoms with Crippen LogP contribution < -0.4 is 0 Å². The number of benzene rings is 1. The summed E-state index contributed by atoms with van der Waals surface area (Å²) in [4.78, 5) is 0. The van der Waals surface area contributed by atoms with Gasteiger partial charge in [0.25, 0.3) is 0 Å². The monoisotopic (exact) mass is 196 g/mol. The summed E-state index contributed by atoms with van der Waals surface area (Å²) in [6.45, 7) is 2.19. The van der Waals surface area contributed by atoms with Crippen LogP contribution in [0, 0.1) is 0 Å². The molecule has 0 nitrogen and oxygen atoms in total. The van der Waals surface area contributed by atoms with Crippen LogP contribution >= 0.6 is 0 Å². The molecular weight excluding hydrogens is 183 g/mol. The molecule has 1 aromatic carbocycles. The van der Waals surface area contributed by atoms with Crippen LogP contribution in [-0.4, -0.2) is 16.9 Å². The van der Waals surface area contributed by atoms with Crippen molar-refractivity contribution in [3.63, 3.8) is 0 Å². The molecule has 1 unspecified atom stereocenters. The molecule has 1 heteroatoms. The molecule has 10 heavy (non-hydrogen) atoms. The second-order valence-electron chi connectivity index (χ2n) is 2.37. The van der Waals surface area contributed by atoms with Crippen molar-refractivity contribution < 1.29 is 0 Å². The van der Waals surface area contributed by atoms with Gasteiger partial charge in [-0.1, -0.05) is 0 Å². The zero-order valence-electron chi connectivity index (χ0n) is 6.30. The molecule has 0 saturated carbocycles. The van der Waals surface area contributed by atoms with Gasteiger partial charge in [-0.15, -0.1) is 0 Å². The average molecular weight is 196 g/mol. The van der Waals surface area contributed by atoms with Gasteiger partial charge in [0.15, 0.2) is 0 Å². The van der Waals surface area contributed by atoms with Gasteiger partial charge in [-0.2, -0.15) is 0 Å². The van der Waals surface area contributed by atoms with Gasteiger partial charge >= 0.3 is 70.8 Å². The van der Waals surface area contributed by atoms with Crippen molar-refractivity contribution in [3.8, 4) is 0 Å². The van der Waals surface area contributed by atoms with Crippen molar-refractivity contribution in [2.75, 3.05) is 0 Å². The number of hydrogen-bond donors (Lipinski definition) is 0. The fourth-order valence-corrected chi connectivity index (χ4v) is 1.48. The van der Waals surface area contributed by atoms with Crippen molar-refractivity contribution in [3.05, 3.63) is 35.4 Å². The van der Waals surface area contributed by atoms with E-state index >= 15 is 0 Å². The Morgan fingerprint density at radius 2 is 1.60 bits per heavy atom. The summed E-state index contributed by atoms with van der Waals surface area (Å²) in [6.07, 6.45) is 1.15. The SMILES string of the molecule is CCc1ccc(C[AsH2])cc1. The van der Waals surface area contributed by atoms with Crippen molar-refractivity contribution in [2.45, 2.75) is 18.6 Å². The molecule has 1 aromatic rings. The van der Waals surface area contributed by atoms with Gasteiger partial charge in [-0.25, -0.2) is 0 Å². The van der Waals surface area contributed by atoms with Gasteiger partial charge in [0, 0.05) is 0 Å². The molecule has 0 aromatic heterocycles. The first-order valence-corrected chi connectivity index (χ1v) is 5.36. The molecule has 0 aliphatic heterocycles. The molecule has 0 saturated heterocycles. The van der Waals surface area contributed by atoms with E-state index in [4.69, 9.17) is 0 Å². The van der Waals surface area contributed by atoms with Gasteiger partial charge in [0.2, 0.25) is 0 Å². The fraction of sp³-hybridized carbons (Fsp3) is 0.333. The molecule has 0 radical (unpaired) electrons. The Bertz CT molecular complexity index is 165. The van der Waals surface area contributed by atoms with Crippen LogP contribution in [0.4, 0.5) is 0 Å². The zero-order chi connectivity index (χ0) is 7.40. The van der Waals surface area contributed by atoms with Crippen LogP contribution in [0.2, 0.25) is 0 Å². The molecule has 0 fully saturated rings. The Labute approximate surface area is 71.1 Å². The number of hydrogen-bond acceptors (Lipinski definition) is 0. The Morgan fingerprint density at radius 1 is 1.10 bits per heavy atom. The third-order valence-electron chi connectivity index (χ3n) is 1.67. The van der Waals surface area contributed by atoms with E-state index in [0.717, 1.165) is 6.42 Å². The first-order chi connectivity index (χ1) is 4.86. The Hall–Kier alpha value is -0.222. The molecule has 1 rings (SSSR count). The van der Waals surface area contributed by atoms with E-state index in [2.05, 4.69) is 31.2 Å². The number of rotatable bonds is 2. The zero-order valence-corrected chi connectivity index (χ0v) is 8.72. The second-order valence-corrected chi connectivity index (χ2v) is 3.23. The fourth-order valence-electron chi connectivity index (χ4n) is 0.911. The first-order valence-electron chi connectivity index (χ1n) is 3.64. The van der Waals surface area contributed by atoms with Crippen molar-refractivity contribution in [1.29, 1.82) is 0 Å². The maximum atomic E-state index is 2.22. The predicted octanol–water partition coefficient (Wildman–Crippen LogP) is 1.38.